The molecular formula is C20H30O8. The molecule has 0 atom stereocenters. The SMILES string of the molecule is O=C(OCCCOCCCO)c1cccc(C(=O)OCCCOCCCO)c1. The maximum Gasteiger partial charge on any atom is 0.338 e. The quantitative estimate of drug-likeness (QED) is 0.319. The van der Waals surface area contributed by atoms with Crippen LogP contribution in [0.5, 0.6) is 0 Å². The number of hydrogen-bond acceptors (Lipinski definition) is 8. The second-order valence-corrected chi connectivity index (χ2v) is 5.94. The Bertz CT molecular complexity index is 516. The molecule has 0 aliphatic rings. The van der Waals surface area contributed by atoms with Crippen LogP contribution in [0.4, 0.5) is 0 Å². The summed E-state index contributed by atoms with van der Waals surface area (Å²) in [5.74, 6) is -1.02. The van der Waals surface area contributed by atoms with Crippen LogP contribution in [-0.2, 0) is 18.9 Å². The summed E-state index contributed by atoms with van der Waals surface area (Å²) < 4.78 is 20.8. The topological polar surface area (TPSA) is 112 Å². The molecule has 0 unspecified atom stereocenters. The molecule has 0 aliphatic heterocycles. The van der Waals surface area contributed by atoms with Gasteiger partial charge in [-0.15, -0.1) is 0 Å². The minimum Gasteiger partial charge on any atom is -0.462 e. The van der Waals surface area contributed by atoms with Gasteiger partial charge in [-0.25, -0.2) is 9.59 Å². The number of hydrogen-bond donors (Lipinski definition) is 2. The fraction of sp³-hybridized carbons (Fsp3) is 0.600. The molecule has 0 aliphatic carbocycles. The largest absolute Gasteiger partial charge is 0.462 e. The lowest BCUT2D eigenvalue weighted by molar-refractivity contribution is 0.0438. The van der Waals surface area contributed by atoms with Crippen LogP contribution >= 0.6 is 0 Å². The van der Waals surface area contributed by atoms with Gasteiger partial charge < -0.3 is 29.2 Å². The summed E-state index contributed by atoms with van der Waals surface area (Å²) in [4.78, 5) is 24.1. The van der Waals surface area contributed by atoms with Crippen molar-refractivity contribution in [2.75, 3.05) is 52.9 Å². The zero-order chi connectivity index (χ0) is 20.5. The zero-order valence-electron chi connectivity index (χ0n) is 16.1. The Hall–Kier alpha value is -2.00. The van der Waals surface area contributed by atoms with Crippen molar-refractivity contribution < 1.29 is 38.7 Å². The molecule has 158 valence electrons. The van der Waals surface area contributed by atoms with Crippen LogP contribution in [0.15, 0.2) is 24.3 Å². The Labute approximate surface area is 165 Å². The summed E-state index contributed by atoms with van der Waals surface area (Å²) in [7, 11) is 0. The number of aliphatic hydroxyl groups is 2. The molecule has 8 nitrogen and oxygen atoms in total. The minimum atomic E-state index is -0.512. The van der Waals surface area contributed by atoms with E-state index in [0.29, 0.717) is 52.1 Å². The first-order valence-corrected chi connectivity index (χ1v) is 9.50. The normalized spacial score (nSPS) is 10.6. The number of benzene rings is 1. The highest BCUT2D eigenvalue weighted by atomic mass is 16.5. The van der Waals surface area contributed by atoms with Crippen molar-refractivity contribution in [1.82, 2.24) is 0 Å². The van der Waals surface area contributed by atoms with E-state index in [-0.39, 0.29) is 37.6 Å². The van der Waals surface area contributed by atoms with E-state index in [9.17, 15) is 9.59 Å². The predicted molar refractivity (Wildman–Crippen MR) is 101 cm³/mol. The zero-order valence-corrected chi connectivity index (χ0v) is 16.1. The van der Waals surface area contributed by atoms with Gasteiger partial charge in [0.1, 0.15) is 0 Å². The van der Waals surface area contributed by atoms with E-state index in [1.807, 2.05) is 0 Å². The highest BCUT2D eigenvalue weighted by molar-refractivity contribution is 5.95. The van der Waals surface area contributed by atoms with Gasteiger partial charge in [-0.2, -0.15) is 0 Å². The van der Waals surface area contributed by atoms with E-state index in [0.717, 1.165) is 0 Å². The van der Waals surface area contributed by atoms with Crippen molar-refractivity contribution >= 4 is 11.9 Å². The second-order valence-electron chi connectivity index (χ2n) is 5.94. The van der Waals surface area contributed by atoms with Crippen molar-refractivity contribution in [3.63, 3.8) is 0 Å². The number of esters is 2. The summed E-state index contributed by atoms with van der Waals surface area (Å²) in [6, 6.07) is 6.20. The number of rotatable bonds is 16. The van der Waals surface area contributed by atoms with Crippen LogP contribution in [0.3, 0.4) is 0 Å². The Balaban J connectivity index is 2.27. The lowest BCUT2D eigenvalue weighted by Crippen LogP contribution is -2.12. The van der Waals surface area contributed by atoms with Crippen molar-refractivity contribution in [2.45, 2.75) is 25.7 Å². The molecule has 8 heteroatoms. The molecule has 0 saturated carbocycles. The fourth-order valence-corrected chi connectivity index (χ4v) is 2.13. The molecule has 0 amide bonds. The molecular weight excluding hydrogens is 368 g/mol. The van der Waals surface area contributed by atoms with Gasteiger partial charge >= 0.3 is 11.9 Å². The molecule has 1 aromatic rings. The van der Waals surface area contributed by atoms with Crippen LogP contribution in [0.2, 0.25) is 0 Å². The summed E-state index contributed by atoms with van der Waals surface area (Å²) in [5, 5.41) is 17.3. The van der Waals surface area contributed by atoms with Gasteiger partial charge in [-0.1, -0.05) is 6.07 Å². The molecule has 0 heterocycles. The number of carbonyl (C=O) groups excluding carboxylic acids is 2. The van der Waals surface area contributed by atoms with Gasteiger partial charge in [-0.05, 0) is 31.0 Å². The van der Waals surface area contributed by atoms with Gasteiger partial charge in [-0.3, -0.25) is 0 Å². The van der Waals surface area contributed by atoms with Gasteiger partial charge in [0.15, 0.2) is 0 Å². The molecule has 0 bridgehead atoms. The molecule has 0 spiro atoms. The van der Waals surface area contributed by atoms with Crippen molar-refractivity contribution in [3.05, 3.63) is 35.4 Å². The number of ether oxygens (including phenoxy) is 4. The van der Waals surface area contributed by atoms with E-state index in [4.69, 9.17) is 29.2 Å². The van der Waals surface area contributed by atoms with Gasteiger partial charge in [0.2, 0.25) is 0 Å². The van der Waals surface area contributed by atoms with E-state index in [1.165, 1.54) is 6.07 Å². The predicted octanol–water partition coefficient (Wildman–Crippen LogP) is 1.58. The summed E-state index contributed by atoms with van der Waals surface area (Å²) in [5.41, 5.74) is 0.561. The third-order valence-electron chi connectivity index (χ3n) is 3.56. The van der Waals surface area contributed by atoms with E-state index in [2.05, 4.69) is 0 Å². The molecule has 0 saturated heterocycles. The van der Waals surface area contributed by atoms with Crippen LogP contribution in [0.1, 0.15) is 46.4 Å². The number of carbonyl (C=O) groups is 2. The van der Waals surface area contributed by atoms with Crippen LogP contribution in [0, 0.1) is 0 Å². The van der Waals surface area contributed by atoms with Crippen LogP contribution in [0.25, 0.3) is 0 Å². The molecule has 2 N–H and O–H groups in total. The molecule has 0 aromatic heterocycles. The first kappa shape index (κ1) is 24.0. The van der Waals surface area contributed by atoms with Crippen LogP contribution in [-0.4, -0.2) is 75.0 Å². The molecule has 0 fully saturated rings. The minimum absolute atomic E-state index is 0.0895. The van der Waals surface area contributed by atoms with Gasteiger partial charge in [0.25, 0.3) is 0 Å². The first-order valence-electron chi connectivity index (χ1n) is 9.50. The maximum absolute atomic E-state index is 12.1. The molecule has 0 radical (unpaired) electrons. The monoisotopic (exact) mass is 398 g/mol. The lowest BCUT2D eigenvalue weighted by Gasteiger charge is -2.08. The molecule has 1 aromatic carbocycles. The van der Waals surface area contributed by atoms with Crippen LogP contribution < -0.4 is 0 Å². The summed E-state index contributed by atoms with van der Waals surface area (Å²) in [6.07, 6.45) is 2.28. The Morgan fingerprint density at radius 3 is 1.54 bits per heavy atom. The maximum atomic E-state index is 12.1. The molecule has 1 rings (SSSR count). The fourth-order valence-electron chi connectivity index (χ4n) is 2.13. The number of aliphatic hydroxyl groups excluding tert-OH is 2. The van der Waals surface area contributed by atoms with E-state index >= 15 is 0 Å². The third kappa shape index (κ3) is 11.0. The Morgan fingerprint density at radius 2 is 1.11 bits per heavy atom. The molecule has 28 heavy (non-hydrogen) atoms. The summed E-state index contributed by atoms with van der Waals surface area (Å²) in [6.45, 7) is 2.45. The average Bonchev–Trinajstić information content (AvgIpc) is 2.72. The van der Waals surface area contributed by atoms with E-state index < -0.39 is 11.9 Å². The smallest absolute Gasteiger partial charge is 0.338 e. The van der Waals surface area contributed by atoms with E-state index in [1.54, 1.807) is 18.2 Å². The average molecular weight is 398 g/mol. The lowest BCUT2D eigenvalue weighted by atomic mass is 10.1. The first-order chi connectivity index (χ1) is 13.7. The van der Waals surface area contributed by atoms with Gasteiger partial charge in [0, 0.05) is 52.5 Å². The third-order valence-corrected chi connectivity index (χ3v) is 3.56. The highest BCUT2D eigenvalue weighted by Crippen LogP contribution is 2.09. The highest BCUT2D eigenvalue weighted by Gasteiger charge is 2.12. The second kappa shape index (κ2) is 16.0. The van der Waals surface area contributed by atoms with Crippen molar-refractivity contribution in [1.29, 1.82) is 0 Å². The standard InChI is InChI=1S/C20H30O8/c21-8-2-10-25-12-4-14-27-19(23)17-6-1-7-18(16-17)20(24)28-15-5-13-26-11-3-9-22/h1,6-7,16,21-22H,2-5,8-15H2. The Morgan fingerprint density at radius 1 is 0.679 bits per heavy atom. The van der Waals surface area contributed by atoms with Crippen molar-refractivity contribution in [2.24, 2.45) is 0 Å². The van der Waals surface area contributed by atoms with Crippen molar-refractivity contribution in [3.8, 4) is 0 Å². The summed E-state index contributed by atoms with van der Waals surface area (Å²) >= 11 is 0. The Kier molecular flexibility index (Phi) is 13.7. The van der Waals surface area contributed by atoms with Gasteiger partial charge in [0.05, 0.1) is 24.3 Å².